The molecule has 4 N–H and O–H groups in total. The first-order chi connectivity index (χ1) is 9.14. The highest BCUT2D eigenvalue weighted by atomic mass is 127. The van der Waals surface area contributed by atoms with Crippen molar-refractivity contribution in [2.24, 2.45) is 10.7 Å². The largest absolute Gasteiger partial charge is 0.370 e. The Morgan fingerprint density at radius 1 is 1.24 bits per heavy atom. The second-order valence-electron chi connectivity index (χ2n) is 5.43. The molecule has 0 aromatic heterocycles. The Morgan fingerprint density at radius 2 is 1.76 bits per heavy atom. The Balaban J connectivity index is 0.00000400. The van der Waals surface area contributed by atoms with Crippen molar-refractivity contribution in [1.82, 2.24) is 10.0 Å². The minimum absolute atomic E-state index is 0. The summed E-state index contributed by atoms with van der Waals surface area (Å²) in [5, 5.41) is 3.06. The maximum Gasteiger partial charge on any atom is 0.240 e. The van der Waals surface area contributed by atoms with Gasteiger partial charge in [-0.25, -0.2) is 18.1 Å². The topological polar surface area (TPSA) is 96.6 Å². The summed E-state index contributed by atoms with van der Waals surface area (Å²) in [5.74, 6) is 0.365. The van der Waals surface area contributed by atoms with E-state index in [0.29, 0.717) is 12.5 Å². The molecule has 0 unspecified atom stereocenters. The van der Waals surface area contributed by atoms with E-state index in [0.717, 1.165) is 5.56 Å². The van der Waals surface area contributed by atoms with Gasteiger partial charge in [0.15, 0.2) is 5.96 Å². The molecule has 0 radical (unpaired) electrons. The number of rotatable bonds is 4. The summed E-state index contributed by atoms with van der Waals surface area (Å²) in [7, 11) is -2.01. The number of hydrogen-bond donors (Lipinski definition) is 3. The van der Waals surface area contributed by atoms with E-state index >= 15 is 0 Å². The standard InChI is InChI=1S/C13H22N4O2S.HI/c1-13(2,3)17-12(14)16-9-10-5-7-11(8-6-10)20(18,19)15-4;/h5-8,15H,9H2,1-4H3,(H3,14,16,17);1H. The number of sulfonamides is 1. The first-order valence-corrected chi connectivity index (χ1v) is 7.73. The first kappa shape index (κ1) is 20.1. The van der Waals surface area contributed by atoms with Crippen molar-refractivity contribution in [3.8, 4) is 0 Å². The number of halogens is 1. The van der Waals surface area contributed by atoms with Crippen molar-refractivity contribution in [1.29, 1.82) is 0 Å². The van der Waals surface area contributed by atoms with Crippen LogP contribution in [-0.4, -0.2) is 27.0 Å². The highest BCUT2D eigenvalue weighted by Gasteiger charge is 2.11. The molecule has 21 heavy (non-hydrogen) atoms. The van der Waals surface area contributed by atoms with Crippen molar-refractivity contribution in [3.05, 3.63) is 29.8 Å². The zero-order valence-corrected chi connectivity index (χ0v) is 15.8. The fourth-order valence-electron chi connectivity index (χ4n) is 1.49. The zero-order chi connectivity index (χ0) is 15.4. The molecule has 0 amide bonds. The number of nitrogens with zero attached hydrogens (tertiary/aromatic N) is 1. The molecule has 0 fully saturated rings. The molecule has 120 valence electrons. The normalized spacial score (nSPS) is 12.7. The van der Waals surface area contributed by atoms with Crippen molar-refractivity contribution in [3.63, 3.8) is 0 Å². The van der Waals surface area contributed by atoms with Crippen LogP contribution in [0.15, 0.2) is 34.2 Å². The van der Waals surface area contributed by atoms with Gasteiger partial charge in [0.05, 0.1) is 11.4 Å². The molecular formula is C13H23IN4O2S. The lowest BCUT2D eigenvalue weighted by Gasteiger charge is -2.20. The molecule has 0 spiro atoms. The number of aliphatic imine (C=N–C) groups is 1. The molecule has 1 aromatic rings. The van der Waals surface area contributed by atoms with E-state index in [-0.39, 0.29) is 34.4 Å². The van der Waals surface area contributed by atoms with Crippen LogP contribution in [0.2, 0.25) is 0 Å². The number of guanidine groups is 1. The van der Waals surface area contributed by atoms with E-state index in [2.05, 4.69) is 15.0 Å². The van der Waals surface area contributed by atoms with Crippen molar-refractivity contribution < 1.29 is 8.42 Å². The second kappa shape index (κ2) is 7.95. The van der Waals surface area contributed by atoms with Gasteiger partial charge in [0, 0.05) is 5.54 Å². The summed E-state index contributed by atoms with van der Waals surface area (Å²) in [6.45, 7) is 6.38. The molecule has 0 saturated carbocycles. The van der Waals surface area contributed by atoms with E-state index < -0.39 is 10.0 Å². The third-order valence-electron chi connectivity index (χ3n) is 2.44. The van der Waals surface area contributed by atoms with Crippen LogP contribution in [0.3, 0.4) is 0 Å². The van der Waals surface area contributed by atoms with Gasteiger partial charge in [-0.3, -0.25) is 0 Å². The predicted octanol–water partition coefficient (Wildman–Crippen LogP) is 1.42. The molecule has 8 heteroatoms. The molecule has 0 bridgehead atoms. The molecule has 0 heterocycles. The van der Waals surface area contributed by atoms with E-state index in [4.69, 9.17) is 5.73 Å². The highest BCUT2D eigenvalue weighted by Crippen LogP contribution is 2.10. The van der Waals surface area contributed by atoms with Gasteiger partial charge in [-0.1, -0.05) is 12.1 Å². The van der Waals surface area contributed by atoms with E-state index in [1.807, 2.05) is 20.8 Å². The molecule has 6 nitrogen and oxygen atoms in total. The van der Waals surface area contributed by atoms with Crippen molar-refractivity contribution in [2.45, 2.75) is 37.8 Å². The van der Waals surface area contributed by atoms with Crippen LogP contribution in [0.4, 0.5) is 0 Å². The fourth-order valence-corrected chi connectivity index (χ4v) is 2.22. The summed E-state index contributed by atoms with van der Waals surface area (Å²) in [4.78, 5) is 4.44. The minimum atomic E-state index is -3.39. The Kier molecular flexibility index (Phi) is 7.62. The van der Waals surface area contributed by atoms with Gasteiger partial charge in [0.1, 0.15) is 0 Å². The molecule has 0 aliphatic heterocycles. The molecule has 0 atom stereocenters. The summed E-state index contributed by atoms with van der Waals surface area (Å²) >= 11 is 0. The lowest BCUT2D eigenvalue weighted by molar-refractivity contribution is 0.508. The SMILES string of the molecule is CNS(=O)(=O)c1ccc(CN=C(N)NC(C)(C)C)cc1.I. The van der Waals surface area contributed by atoms with E-state index in [1.54, 1.807) is 24.3 Å². The minimum Gasteiger partial charge on any atom is -0.370 e. The average Bonchev–Trinajstić information content (AvgIpc) is 2.35. The Morgan fingerprint density at radius 3 is 2.19 bits per heavy atom. The van der Waals surface area contributed by atoms with Crippen LogP contribution in [0.5, 0.6) is 0 Å². The van der Waals surface area contributed by atoms with Crippen LogP contribution in [0.1, 0.15) is 26.3 Å². The van der Waals surface area contributed by atoms with Crippen molar-refractivity contribution >= 4 is 40.0 Å². The maximum atomic E-state index is 11.6. The number of hydrogen-bond acceptors (Lipinski definition) is 3. The molecule has 1 aromatic carbocycles. The zero-order valence-electron chi connectivity index (χ0n) is 12.7. The summed E-state index contributed by atoms with van der Waals surface area (Å²) in [6, 6.07) is 6.53. The van der Waals surface area contributed by atoms with Crippen LogP contribution < -0.4 is 15.8 Å². The third-order valence-corrected chi connectivity index (χ3v) is 3.87. The van der Waals surface area contributed by atoms with Crippen LogP contribution in [0, 0.1) is 0 Å². The average molecular weight is 426 g/mol. The number of nitrogens with one attached hydrogen (secondary N) is 2. The van der Waals surface area contributed by atoms with Crippen molar-refractivity contribution in [2.75, 3.05) is 7.05 Å². The Hall–Kier alpha value is -0.870. The van der Waals surface area contributed by atoms with Gasteiger partial charge in [0.2, 0.25) is 10.0 Å². The van der Waals surface area contributed by atoms with Crippen LogP contribution in [-0.2, 0) is 16.6 Å². The second-order valence-corrected chi connectivity index (χ2v) is 7.31. The van der Waals surface area contributed by atoms with Gasteiger partial charge in [-0.05, 0) is 45.5 Å². The molecular weight excluding hydrogens is 403 g/mol. The molecule has 0 aliphatic carbocycles. The summed E-state index contributed by atoms with van der Waals surface area (Å²) in [6.07, 6.45) is 0. The van der Waals surface area contributed by atoms with Gasteiger partial charge >= 0.3 is 0 Å². The lowest BCUT2D eigenvalue weighted by atomic mass is 10.1. The fraction of sp³-hybridized carbons (Fsp3) is 0.462. The van der Waals surface area contributed by atoms with Gasteiger partial charge < -0.3 is 11.1 Å². The number of benzene rings is 1. The summed E-state index contributed by atoms with van der Waals surface area (Å²) in [5.41, 5.74) is 6.51. The van der Waals surface area contributed by atoms with E-state index in [9.17, 15) is 8.42 Å². The predicted molar refractivity (Wildman–Crippen MR) is 96.3 cm³/mol. The smallest absolute Gasteiger partial charge is 0.240 e. The monoisotopic (exact) mass is 426 g/mol. The third kappa shape index (κ3) is 7.09. The van der Waals surface area contributed by atoms with Gasteiger partial charge in [-0.15, -0.1) is 24.0 Å². The highest BCUT2D eigenvalue weighted by molar-refractivity contribution is 14.0. The molecule has 0 aliphatic rings. The van der Waals surface area contributed by atoms with Crippen LogP contribution in [0.25, 0.3) is 0 Å². The van der Waals surface area contributed by atoms with Gasteiger partial charge in [0.25, 0.3) is 0 Å². The maximum absolute atomic E-state index is 11.6. The number of nitrogens with two attached hydrogens (primary N) is 1. The Bertz CT molecular complexity index is 577. The van der Waals surface area contributed by atoms with E-state index in [1.165, 1.54) is 7.05 Å². The lowest BCUT2D eigenvalue weighted by Crippen LogP contribution is -2.44. The summed E-state index contributed by atoms with van der Waals surface area (Å²) < 4.78 is 25.4. The molecule has 0 saturated heterocycles. The molecule has 1 rings (SSSR count). The Labute approximate surface area is 143 Å². The van der Waals surface area contributed by atoms with Gasteiger partial charge in [-0.2, -0.15) is 0 Å². The van der Waals surface area contributed by atoms with Crippen LogP contribution >= 0.6 is 24.0 Å². The first-order valence-electron chi connectivity index (χ1n) is 6.25. The quantitative estimate of drug-likeness (QED) is 0.386.